The van der Waals surface area contributed by atoms with Crippen LogP contribution in [0.25, 0.3) is 11.0 Å². The van der Waals surface area contributed by atoms with Crippen molar-refractivity contribution in [3.8, 4) is 0 Å². The number of carbonyl (C=O) groups excluding carboxylic acids is 1. The number of carbonyl (C=O) groups is 1. The second-order valence-corrected chi connectivity index (χ2v) is 19.8. The van der Waals surface area contributed by atoms with Gasteiger partial charge in [-0.2, -0.15) is 13.9 Å². The monoisotopic (exact) mass is 727 g/mol. The van der Waals surface area contributed by atoms with Crippen LogP contribution in [0.15, 0.2) is 41.0 Å². The average Bonchev–Trinajstić information content (AvgIpc) is 3.42. The van der Waals surface area contributed by atoms with Crippen molar-refractivity contribution in [2.75, 3.05) is 6.61 Å². The van der Waals surface area contributed by atoms with E-state index in [0.29, 0.717) is 32.9 Å². The molecule has 0 saturated heterocycles. The largest absolute Gasteiger partial charge is 0.368 e. The highest BCUT2D eigenvalue weighted by atomic mass is 79.9. The van der Waals surface area contributed by atoms with Gasteiger partial charge in [-0.1, -0.05) is 19.6 Å². The Balaban J connectivity index is 1.49. The highest BCUT2D eigenvalue weighted by molar-refractivity contribution is 9.10. The molecule has 1 aromatic carbocycles. The van der Waals surface area contributed by atoms with Gasteiger partial charge in [-0.15, -0.1) is 0 Å². The molecule has 0 aliphatic heterocycles. The number of rotatable bonds is 12. The molecule has 46 heavy (non-hydrogen) atoms. The lowest BCUT2D eigenvalue weighted by molar-refractivity contribution is -0.122. The quantitative estimate of drug-likeness (QED) is 0.0918. The van der Waals surface area contributed by atoms with Crippen LogP contribution in [0.4, 0.5) is 26.3 Å². The van der Waals surface area contributed by atoms with E-state index in [1.807, 2.05) is 0 Å². The van der Waals surface area contributed by atoms with Crippen LogP contribution >= 0.6 is 15.9 Å². The molecular formula is C31H32BrF6N5O2Si. The van der Waals surface area contributed by atoms with Crippen LogP contribution in [-0.4, -0.2) is 39.9 Å². The number of nitrogens with zero attached hydrogens (tertiary/aromatic N) is 4. The summed E-state index contributed by atoms with van der Waals surface area (Å²) in [7, 11) is -1.35. The first kappa shape index (κ1) is 32.8. The van der Waals surface area contributed by atoms with Crippen molar-refractivity contribution < 1.29 is 35.9 Å². The van der Waals surface area contributed by atoms with Crippen LogP contribution in [0.3, 0.4) is 0 Å². The van der Waals surface area contributed by atoms with E-state index in [9.17, 15) is 22.4 Å². The minimum atomic E-state index is -3.54. The topological polar surface area (TPSA) is 88.0 Å². The van der Waals surface area contributed by atoms with E-state index >= 15 is 8.78 Å². The number of hydrogen-bond donors (Lipinski definition) is 1. The Labute approximate surface area is 270 Å². The number of primary amides is 1. The van der Waals surface area contributed by atoms with Crippen LogP contribution in [0.1, 0.15) is 58.9 Å². The molecule has 1 fully saturated rings. The predicted octanol–water partition coefficient (Wildman–Crippen LogP) is 7.79. The average molecular weight is 729 g/mol. The normalized spacial score (nSPS) is 19.8. The molecule has 2 N–H and O–H groups in total. The summed E-state index contributed by atoms with van der Waals surface area (Å²) in [4.78, 5) is 18.1. The Kier molecular flexibility index (Phi) is 8.41. The van der Waals surface area contributed by atoms with Gasteiger partial charge in [-0.25, -0.2) is 27.2 Å². The molecule has 2 aliphatic rings. The summed E-state index contributed by atoms with van der Waals surface area (Å²) in [6, 6.07) is 5.41. The molecule has 3 aromatic heterocycles. The van der Waals surface area contributed by atoms with E-state index in [2.05, 4.69) is 40.7 Å². The molecule has 1 amide bonds. The van der Waals surface area contributed by atoms with Gasteiger partial charge in [0.2, 0.25) is 5.91 Å². The van der Waals surface area contributed by atoms with E-state index < -0.39 is 73.1 Å². The lowest BCUT2D eigenvalue weighted by Crippen LogP contribution is -2.36. The number of nitrogens with two attached hydrogens (primary N) is 1. The zero-order chi connectivity index (χ0) is 33.3. The maximum Gasteiger partial charge on any atom is 0.293 e. The van der Waals surface area contributed by atoms with Crippen molar-refractivity contribution in [2.24, 2.45) is 11.7 Å². The van der Waals surface area contributed by atoms with E-state index in [0.717, 1.165) is 18.2 Å². The lowest BCUT2D eigenvalue weighted by Gasteiger charge is -2.29. The predicted molar refractivity (Wildman–Crippen MR) is 164 cm³/mol. The fraction of sp³-hybridized carbons (Fsp3) is 0.452. The molecule has 0 bridgehead atoms. The summed E-state index contributed by atoms with van der Waals surface area (Å²) < 4.78 is 97.0. The third-order valence-corrected chi connectivity index (χ3v) is 11.1. The van der Waals surface area contributed by atoms with Gasteiger partial charge in [0.1, 0.15) is 41.4 Å². The van der Waals surface area contributed by atoms with Crippen molar-refractivity contribution in [2.45, 2.75) is 75.5 Å². The van der Waals surface area contributed by atoms with E-state index in [1.54, 1.807) is 22.9 Å². The Bertz CT molecular complexity index is 1800. The minimum Gasteiger partial charge on any atom is -0.368 e. The molecule has 246 valence electrons. The van der Waals surface area contributed by atoms with E-state index in [-0.39, 0.29) is 36.4 Å². The van der Waals surface area contributed by atoms with Gasteiger partial charge in [0.15, 0.2) is 0 Å². The Morgan fingerprint density at radius 2 is 1.85 bits per heavy atom. The minimum absolute atomic E-state index is 0.0272. The summed E-state index contributed by atoms with van der Waals surface area (Å²) in [6.07, 6.45) is -1.71. The number of ether oxygens (including phenoxy) is 1. The Morgan fingerprint density at radius 1 is 1.15 bits per heavy atom. The van der Waals surface area contributed by atoms with Crippen molar-refractivity contribution in [1.29, 1.82) is 0 Å². The first-order chi connectivity index (χ1) is 21.6. The second-order valence-electron chi connectivity index (χ2n) is 13.3. The number of alkyl halides is 4. The van der Waals surface area contributed by atoms with Gasteiger partial charge in [0, 0.05) is 54.2 Å². The number of halogens is 7. The highest BCUT2D eigenvalue weighted by Crippen LogP contribution is 2.68. The lowest BCUT2D eigenvalue weighted by atomic mass is 9.87. The highest BCUT2D eigenvalue weighted by Gasteiger charge is 2.67. The second kappa shape index (κ2) is 11.8. The summed E-state index contributed by atoms with van der Waals surface area (Å²) in [5.74, 6) is -9.75. The first-order valence-corrected chi connectivity index (χ1v) is 19.3. The summed E-state index contributed by atoms with van der Waals surface area (Å²) in [5.41, 5.74) is 4.64. The SMILES string of the molecule is C[Si](C)(C)CCOCn1ccc2cc(Br)c([C@@H](Cc3cc(F)cc(F)c3)C(C(N)=O)n3nc(C(F)F)c4c3C(F)(F)[C@@H]3C[C@H]43)nc21. The van der Waals surface area contributed by atoms with Crippen LogP contribution in [0.2, 0.25) is 25.7 Å². The van der Waals surface area contributed by atoms with Crippen molar-refractivity contribution >= 4 is 40.9 Å². The smallest absolute Gasteiger partial charge is 0.293 e. The maximum absolute atomic E-state index is 15.7. The molecule has 15 heteroatoms. The van der Waals surface area contributed by atoms with Crippen LogP contribution < -0.4 is 5.73 Å². The molecule has 1 saturated carbocycles. The Morgan fingerprint density at radius 3 is 2.48 bits per heavy atom. The molecule has 0 radical (unpaired) electrons. The van der Waals surface area contributed by atoms with Crippen LogP contribution in [0, 0.1) is 17.6 Å². The zero-order valence-electron chi connectivity index (χ0n) is 25.2. The van der Waals surface area contributed by atoms with Crippen LogP contribution in [-0.2, 0) is 28.6 Å². The van der Waals surface area contributed by atoms with Gasteiger partial charge in [0.25, 0.3) is 12.3 Å². The number of hydrogen-bond acceptors (Lipinski definition) is 4. The van der Waals surface area contributed by atoms with Crippen LogP contribution in [0.5, 0.6) is 0 Å². The number of benzene rings is 1. The summed E-state index contributed by atoms with van der Waals surface area (Å²) in [5, 5.41) is 4.57. The molecule has 0 spiro atoms. The molecular weight excluding hydrogens is 696 g/mol. The molecule has 3 heterocycles. The summed E-state index contributed by atoms with van der Waals surface area (Å²) >= 11 is 3.48. The molecule has 7 nitrogen and oxygen atoms in total. The molecule has 4 aromatic rings. The number of pyridine rings is 1. The van der Waals surface area contributed by atoms with Crippen molar-refractivity contribution in [3.63, 3.8) is 0 Å². The van der Waals surface area contributed by atoms with Gasteiger partial charge < -0.3 is 15.0 Å². The van der Waals surface area contributed by atoms with E-state index in [1.165, 1.54) is 0 Å². The van der Waals surface area contributed by atoms with Gasteiger partial charge in [-0.05, 0) is 70.6 Å². The summed E-state index contributed by atoms with van der Waals surface area (Å²) in [6.45, 7) is 7.37. The van der Waals surface area contributed by atoms with Crippen molar-refractivity contribution in [3.05, 3.63) is 80.8 Å². The molecule has 4 atom stereocenters. The Hall–Kier alpha value is -3.17. The third kappa shape index (κ3) is 6.01. The number of amides is 1. The van der Waals surface area contributed by atoms with Gasteiger partial charge in [0.05, 0.1) is 5.69 Å². The molecule has 6 rings (SSSR count). The van der Waals surface area contributed by atoms with Gasteiger partial charge in [-0.3, -0.25) is 4.79 Å². The molecule has 2 aliphatic carbocycles. The van der Waals surface area contributed by atoms with Gasteiger partial charge >= 0.3 is 0 Å². The fourth-order valence-electron chi connectivity index (χ4n) is 6.45. The standard InChI is InChI=1S/C31H32BrF6N5O2Si/c1-46(2,3)7-6-45-14-42-5-4-16-11-22(32)24(40-30(16)42)20(10-15-8-17(33)12-18(34)9-15)26(29(39)44)43-27-23(25(41-43)28(35)36)19-13-21(19)31(27,37)38/h4-5,8-9,11-12,19-21,26,28H,6-7,10,13-14H2,1-3H3,(H2,39,44)/t19-,20+,21+,26?/m0/s1. The first-order valence-electron chi connectivity index (χ1n) is 14.8. The van der Waals surface area contributed by atoms with E-state index in [4.69, 9.17) is 15.5 Å². The number of aromatic nitrogens is 4. The third-order valence-electron chi connectivity index (χ3n) is 8.73. The number of fused-ring (bicyclic) bond motifs is 4. The maximum atomic E-state index is 15.7. The zero-order valence-corrected chi connectivity index (χ0v) is 27.8. The fourth-order valence-corrected chi connectivity index (χ4v) is 7.84. The molecule has 1 unspecified atom stereocenters. The van der Waals surface area contributed by atoms with Crippen molar-refractivity contribution in [1.82, 2.24) is 19.3 Å².